The van der Waals surface area contributed by atoms with Crippen molar-refractivity contribution in [2.24, 2.45) is 0 Å². The smallest absolute Gasteiger partial charge is 0.321 e. The van der Waals surface area contributed by atoms with Crippen LogP contribution in [0.25, 0.3) is 11.4 Å². The molecule has 0 aliphatic heterocycles. The summed E-state index contributed by atoms with van der Waals surface area (Å²) >= 11 is 1.22. The van der Waals surface area contributed by atoms with E-state index in [0.717, 1.165) is 12.1 Å². The third-order valence-electron chi connectivity index (χ3n) is 4.72. The largest absolute Gasteiger partial charge is 0.465 e. The first-order valence-electron chi connectivity index (χ1n) is 10.7. The fourth-order valence-electron chi connectivity index (χ4n) is 2.97. The Kier molecular flexibility index (Phi) is 7.38. The van der Waals surface area contributed by atoms with Gasteiger partial charge < -0.3 is 14.8 Å². The van der Waals surface area contributed by atoms with E-state index in [9.17, 15) is 13.6 Å². The topological polar surface area (TPSA) is 128 Å². The number of nitrogens with one attached hydrogen (secondary N) is 2. The number of rotatable bonds is 9. The Morgan fingerprint density at radius 2 is 1.94 bits per heavy atom. The first-order chi connectivity index (χ1) is 17.2. The third-order valence-corrected chi connectivity index (χ3v) is 5.85. The molecule has 0 saturated carbocycles. The minimum absolute atomic E-state index is 0.0617. The quantitative estimate of drug-likeness (QED) is 0.235. The number of aromatic nitrogens is 6. The van der Waals surface area contributed by atoms with Gasteiger partial charge in [0.1, 0.15) is 16.3 Å². The van der Waals surface area contributed by atoms with Gasteiger partial charge in [-0.05, 0) is 61.5 Å². The van der Waals surface area contributed by atoms with Crippen LogP contribution in [0.15, 0.2) is 53.7 Å². The summed E-state index contributed by atoms with van der Waals surface area (Å²) in [5.74, 6) is -1.01. The molecule has 1 aromatic carbocycles. The maximum atomic E-state index is 13.8. The molecule has 0 radical (unpaired) electrons. The average Bonchev–Trinajstić information content (AvgIpc) is 3.38. The van der Waals surface area contributed by atoms with Crippen LogP contribution in [0.5, 0.6) is 11.5 Å². The number of aromatic amines is 1. The van der Waals surface area contributed by atoms with E-state index in [0.29, 0.717) is 22.1 Å². The summed E-state index contributed by atoms with van der Waals surface area (Å²) in [5, 5.41) is 16.6. The molecule has 0 atom stereocenters. The lowest BCUT2D eigenvalue weighted by Gasteiger charge is -2.22. The lowest BCUT2D eigenvalue weighted by atomic mass is 10.2. The number of ether oxygens (including phenoxy) is 2. The first-order valence-corrected chi connectivity index (χ1v) is 11.5. The Bertz CT molecular complexity index is 1350. The van der Waals surface area contributed by atoms with Gasteiger partial charge in [-0.3, -0.25) is 4.79 Å². The van der Waals surface area contributed by atoms with Crippen molar-refractivity contribution in [2.45, 2.75) is 30.4 Å². The van der Waals surface area contributed by atoms with E-state index in [1.807, 2.05) is 0 Å². The van der Waals surface area contributed by atoms with Gasteiger partial charge in [0, 0.05) is 28.9 Å². The standard InChI is InChI=1S/C23H21F2N7O3S/c1-4-34-22(33)23(2,3)36-15-10-18(35-14-6-7-16(24)17(25)9-14)21(27-12-15)28-19-8-5-13(11-26-19)20-29-31-32-30-20/h5-12H,4H2,1-3H3,(H,26,27,28)(H,29,30,31,32). The van der Waals surface area contributed by atoms with E-state index >= 15 is 0 Å². The predicted octanol–water partition coefficient (Wildman–Crippen LogP) is 4.90. The number of tetrazole rings is 1. The summed E-state index contributed by atoms with van der Waals surface area (Å²) in [6.45, 7) is 5.45. The summed E-state index contributed by atoms with van der Waals surface area (Å²) in [7, 11) is 0. The number of carbonyl (C=O) groups is 1. The fourth-order valence-corrected chi connectivity index (χ4v) is 3.98. The highest BCUT2D eigenvalue weighted by Crippen LogP contribution is 2.38. The molecule has 3 heterocycles. The van der Waals surface area contributed by atoms with Gasteiger partial charge in [0.25, 0.3) is 0 Å². The van der Waals surface area contributed by atoms with Crippen LogP contribution in [0.4, 0.5) is 20.4 Å². The minimum Gasteiger partial charge on any atom is -0.465 e. The van der Waals surface area contributed by atoms with Crippen LogP contribution in [0.2, 0.25) is 0 Å². The Morgan fingerprint density at radius 3 is 2.61 bits per heavy atom. The molecule has 0 amide bonds. The van der Waals surface area contributed by atoms with Crippen LogP contribution < -0.4 is 10.1 Å². The summed E-state index contributed by atoms with van der Waals surface area (Å²) in [6, 6.07) is 8.26. The lowest BCUT2D eigenvalue weighted by Crippen LogP contribution is -2.29. The minimum atomic E-state index is -1.05. The van der Waals surface area contributed by atoms with Crippen LogP contribution in [0, 0.1) is 11.6 Å². The number of hydrogen-bond donors (Lipinski definition) is 2. The number of pyridine rings is 2. The van der Waals surface area contributed by atoms with Gasteiger partial charge in [-0.1, -0.05) is 0 Å². The summed E-state index contributed by atoms with van der Waals surface area (Å²) < 4.78 is 37.3. The molecule has 0 aliphatic carbocycles. The van der Waals surface area contributed by atoms with Crippen molar-refractivity contribution < 1.29 is 23.0 Å². The van der Waals surface area contributed by atoms with E-state index < -0.39 is 16.4 Å². The number of thioether (sulfide) groups is 1. The Hall–Kier alpha value is -4.13. The Balaban J connectivity index is 1.63. The zero-order valence-corrected chi connectivity index (χ0v) is 20.3. The summed E-state index contributed by atoms with van der Waals surface area (Å²) in [6.07, 6.45) is 3.12. The van der Waals surface area contributed by atoms with Crippen LogP contribution >= 0.6 is 11.8 Å². The van der Waals surface area contributed by atoms with Gasteiger partial charge in [-0.15, -0.1) is 16.9 Å². The van der Waals surface area contributed by atoms with E-state index in [4.69, 9.17) is 9.47 Å². The molecule has 4 rings (SSSR count). The van der Waals surface area contributed by atoms with Gasteiger partial charge in [-0.2, -0.15) is 0 Å². The molecule has 0 fully saturated rings. The molecular formula is C23H21F2N7O3S. The zero-order valence-electron chi connectivity index (χ0n) is 19.5. The zero-order chi connectivity index (χ0) is 25.7. The SMILES string of the molecule is CCOC(=O)C(C)(C)Sc1cnc(Nc2ccc(-c3nnn[nH]3)cn2)c(Oc2ccc(F)c(F)c2)c1. The molecule has 0 unspecified atom stereocenters. The monoisotopic (exact) mass is 513 g/mol. The van der Waals surface area contributed by atoms with E-state index in [1.54, 1.807) is 51.4 Å². The van der Waals surface area contributed by atoms with E-state index in [-0.39, 0.29) is 29.9 Å². The molecule has 13 heteroatoms. The van der Waals surface area contributed by atoms with Gasteiger partial charge >= 0.3 is 5.97 Å². The Morgan fingerprint density at radius 1 is 1.11 bits per heavy atom. The first kappa shape index (κ1) is 25.0. The molecule has 186 valence electrons. The van der Waals surface area contributed by atoms with Crippen molar-refractivity contribution >= 4 is 29.4 Å². The highest BCUT2D eigenvalue weighted by atomic mass is 32.2. The summed E-state index contributed by atoms with van der Waals surface area (Å²) in [5.41, 5.74) is 0.671. The van der Waals surface area contributed by atoms with Crippen LogP contribution in [-0.4, -0.2) is 47.9 Å². The van der Waals surface area contributed by atoms with Crippen molar-refractivity contribution in [1.29, 1.82) is 0 Å². The predicted molar refractivity (Wildman–Crippen MR) is 128 cm³/mol. The number of hydrogen-bond acceptors (Lipinski definition) is 10. The van der Waals surface area contributed by atoms with Crippen LogP contribution in [-0.2, 0) is 9.53 Å². The maximum absolute atomic E-state index is 13.8. The molecule has 0 bridgehead atoms. The van der Waals surface area contributed by atoms with E-state index in [1.165, 1.54) is 17.8 Å². The second kappa shape index (κ2) is 10.6. The van der Waals surface area contributed by atoms with Crippen molar-refractivity contribution in [2.75, 3.05) is 11.9 Å². The second-order valence-corrected chi connectivity index (χ2v) is 9.53. The number of carbonyl (C=O) groups excluding carboxylic acids is 1. The highest BCUT2D eigenvalue weighted by Gasteiger charge is 2.31. The van der Waals surface area contributed by atoms with Gasteiger partial charge in [0.15, 0.2) is 29.0 Å². The number of H-pyrrole nitrogens is 1. The van der Waals surface area contributed by atoms with Crippen molar-refractivity contribution in [3.63, 3.8) is 0 Å². The molecule has 3 aromatic heterocycles. The van der Waals surface area contributed by atoms with E-state index in [2.05, 4.69) is 35.9 Å². The van der Waals surface area contributed by atoms with Gasteiger partial charge in [0.05, 0.1) is 6.61 Å². The molecule has 0 saturated heterocycles. The maximum Gasteiger partial charge on any atom is 0.321 e. The average molecular weight is 514 g/mol. The molecule has 0 spiro atoms. The highest BCUT2D eigenvalue weighted by molar-refractivity contribution is 8.01. The number of esters is 1. The normalized spacial score (nSPS) is 11.2. The molecule has 10 nitrogen and oxygen atoms in total. The Labute approximate surface area is 208 Å². The number of anilines is 2. The summed E-state index contributed by atoms with van der Waals surface area (Å²) in [4.78, 5) is 21.7. The van der Waals surface area contributed by atoms with Crippen molar-refractivity contribution in [3.05, 3.63) is 60.4 Å². The van der Waals surface area contributed by atoms with Crippen LogP contribution in [0.1, 0.15) is 20.8 Å². The van der Waals surface area contributed by atoms with Gasteiger partial charge in [-0.25, -0.2) is 23.8 Å². The second-order valence-electron chi connectivity index (χ2n) is 7.84. The lowest BCUT2D eigenvalue weighted by molar-refractivity contribution is -0.145. The molecular weight excluding hydrogens is 492 g/mol. The van der Waals surface area contributed by atoms with Gasteiger partial charge in [0.2, 0.25) is 0 Å². The molecule has 36 heavy (non-hydrogen) atoms. The number of halogens is 2. The van der Waals surface area contributed by atoms with Crippen molar-refractivity contribution in [1.82, 2.24) is 30.6 Å². The van der Waals surface area contributed by atoms with Crippen LogP contribution in [0.3, 0.4) is 0 Å². The molecule has 2 N–H and O–H groups in total. The molecule has 0 aliphatic rings. The fraction of sp³-hybridized carbons (Fsp3) is 0.217. The molecule has 4 aromatic rings. The third kappa shape index (κ3) is 5.92. The number of nitrogens with zero attached hydrogens (tertiary/aromatic N) is 5. The van der Waals surface area contributed by atoms with Crippen molar-refractivity contribution in [3.8, 4) is 22.9 Å². The number of benzene rings is 1.